The molecule has 0 fully saturated rings. The molecule has 0 saturated carbocycles. The molecule has 2 N–H and O–H groups in total. The van der Waals surface area contributed by atoms with Gasteiger partial charge in [-0.2, -0.15) is 0 Å². The average Bonchev–Trinajstić information content (AvgIpc) is 3.22. The topological polar surface area (TPSA) is 97.1 Å². The Labute approximate surface area is 170 Å². The van der Waals surface area contributed by atoms with E-state index in [1.54, 1.807) is 19.9 Å². The molecule has 146 valence electrons. The monoisotopic (exact) mass is 416 g/mol. The maximum Gasteiger partial charge on any atom is 0.261 e. The van der Waals surface area contributed by atoms with Crippen molar-refractivity contribution in [3.05, 3.63) is 52.5 Å². The van der Waals surface area contributed by atoms with Gasteiger partial charge in [0.2, 0.25) is 11.0 Å². The van der Waals surface area contributed by atoms with E-state index >= 15 is 0 Å². The van der Waals surface area contributed by atoms with E-state index in [0.29, 0.717) is 26.6 Å². The van der Waals surface area contributed by atoms with Gasteiger partial charge in [-0.1, -0.05) is 29.2 Å². The molecule has 0 atom stereocenters. The molecule has 0 radical (unpaired) electrons. The van der Waals surface area contributed by atoms with E-state index in [1.807, 2.05) is 32.0 Å². The minimum atomic E-state index is -0.297. The van der Waals surface area contributed by atoms with E-state index in [4.69, 9.17) is 4.42 Å². The number of anilines is 2. The SMILES string of the molecule is Cc1cc(C(=O)Nc2nnc(SCC(=O)Nc3ccc(C)c(C)c3)s2)c(C)o1. The second-order valence-corrected chi connectivity index (χ2v) is 8.49. The van der Waals surface area contributed by atoms with Gasteiger partial charge in [0.1, 0.15) is 11.5 Å². The molecular formula is C19H20N4O3S2. The summed E-state index contributed by atoms with van der Waals surface area (Å²) in [6.07, 6.45) is 0. The zero-order chi connectivity index (χ0) is 20.3. The molecule has 2 heterocycles. The van der Waals surface area contributed by atoms with Gasteiger partial charge in [0, 0.05) is 5.69 Å². The Morgan fingerprint density at radius 1 is 1.07 bits per heavy atom. The molecule has 0 unspecified atom stereocenters. The molecule has 0 spiro atoms. The summed E-state index contributed by atoms with van der Waals surface area (Å²) in [5.41, 5.74) is 3.54. The van der Waals surface area contributed by atoms with E-state index in [-0.39, 0.29) is 17.6 Å². The Kier molecular flexibility index (Phi) is 6.15. The van der Waals surface area contributed by atoms with Crippen molar-refractivity contribution >= 4 is 45.7 Å². The lowest BCUT2D eigenvalue weighted by molar-refractivity contribution is -0.113. The predicted octanol–water partition coefficient (Wildman–Crippen LogP) is 4.35. The van der Waals surface area contributed by atoms with Crippen molar-refractivity contribution in [2.45, 2.75) is 32.0 Å². The van der Waals surface area contributed by atoms with Crippen molar-refractivity contribution in [3.63, 3.8) is 0 Å². The minimum Gasteiger partial charge on any atom is -0.466 e. The van der Waals surface area contributed by atoms with Gasteiger partial charge in [0.05, 0.1) is 11.3 Å². The number of furan rings is 1. The van der Waals surface area contributed by atoms with E-state index in [2.05, 4.69) is 20.8 Å². The lowest BCUT2D eigenvalue weighted by Crippen LogP contribution is -2.14. The number of thioether (sulfide) groups is 1. The van der Waals surface area contributed by atoms with Crippen LogP contribution in [-0.4, -0.2) is 27.8 Å². The zero-order valence-electron chi connectivity index (χ0n) is 16.0. The van der Waals surface area contributed by atoms with Crippen LogP contribution in [0.2, 0.25) is 0 Å². The van der Waals surface area contributed by atoms with Crippen LogP contribution in [0.5, 0.6) is 0 Å². The number of nitrogens with zero attached hydrogens (tertiary/aromatic N) is 2. The molecular weight excluding hydrogens is 396 g/mol. The van der Waals surface area contributed by atoms with Crippen molar-refractivity contribution in [3.8, 4) is 0 Å². The number of benzene rings is 1. The fourth-order valence-corrected chi connectivity index (χ4v) is 4.03. The Hall–Kier alpha value is -2.65. The Bertz CT molecular complexity index is 1030. The van der Waals surface area contributed by atoms with Gasteiger partial charge in [0.25, 0.3) is 5.91 Å². The highest BCUT2D eigenvalue weighted by Crippen LogP contribution is 2.26. The molecule has 2 amide bonds. The molecule has 0 aliphatic carbocycles. The molecule has 9 heteroatoms. The van der Waals surface area contributed by atoms with Crippen LogP contribution < -0.4 is 10.6 Å². The van der Waals surface area contributed by atoms with E-state index in [0.717, 1.165) is 11.3 Å². The van der Waals surface area contributed by atoms with Crippen molar-refractivity contribution in [2.75, 3.05) is 16.4 Å². The highest BCUT2D eigenvalue weighted by atomic mass is 32.2. The van der Waals surface area contributed by atoms with Crippen LogP contribution in [0.1, 0.15) is 33.0 Å². The van der Waals surface area contributed by atoms with E-state index in [9.17, 15) is 9.59 Å². The van der Waals surface area contributed by atoms with Gasteiger partial charge in [-0.3, -0.25) is 14.9 Å². The summed E-state index contributed by atoms with van der Waals surface area (Å²) in [5.74, 6) is 1.01. The summed E-state index contributed by atoms with van der Waals surface area (Å²) in [6.45, 7) is 7.55. The number of carbonyl (C=O) groups excluding carboxylic acids is 2. The molecule has 0 aliphatic heterocycles. The largest absolute Gasteiger partial charge is 0.466 e. The van der Waals surface area contributed by atoms with Crippen LogP contribution in [0, 0.1) is 27.7 Å². The maximum absolute atomic E-state index is 12.3. The number of hydrogen-bond donors (Lipinski definition) is 2. The number of aromatic nitrogens is 2. The summed E-state index contributed by atoms with van der Waals surface area (Å²) in [5, 5.41) is 13.9. The summed E-state index contributed by atoms with van der Waals surface area (Å²) in [7, 11) is 0. The van der Waals surface area contributed by atoms with Gasteiger partial charge < -0.3 is 9.73 Å². The number of rotatable bonds is 6. The smallest absolute Gasteiger partial charge is 0.261 e. The van der Waals surface area contributed by atoms with Crippen molar-refractivity contribution in [1.82, 2.24) is 10.2 Å². The number of hydrogen-bond acceptors (Lipinski definition) is 7. The highest BCUT2D eigenvalue weighted by molar-refractivity contribution is 8.01. The highest BCUT2D eigenvalue weighted by Gasteiger charge is 2.16. The van der Waals surface area contributed by atoms with Gasteiger partial charge in [-0.05, 0) is 57.0 Å². The second-order valence-electron chi connectivity index (χ2n) is 6.29. The fourth-order valence-electron chi connectivity index (χ4n) is 2.48. The fraction of sp³-hybridized carbons (Fsp3) is 0.263. The van der Waals surface area contributed by atoms with Crippen LogP contribution in [-0.2, 0) is 4.79 Å². The molecule has 7 nitrogen and oxygen atoms in total. The quantitative estimate of drug-likeness (QED) is 0.458. The summed E-state index contributed by atoms with van der Waals surface area (Å²) in [6, 6.07) is 7.47. The van der Waals surface area contributed by atoms with Crippen LogP contribution in [0.15, 0.2) is 33.0 Å². The minimum absolute atomic E-state index is 0.126. The van der Waals surface area contributed by atoms with Crippen molar-refractivity contribution < 1.29 is 14.0 Å². The predicted molar refractivity (Wildman–Crippen MR) is 111 cm³/mol. The first-order valence-corrected chi connectivity index (χ1v) is 10.3. The summed E-state index contributed by atoms with van der Waals surface area (Å²) < 4.78 is 5.97. The van der Waals surface area contributed by atoms with Gasteiger partial charge in [-0.15, -0.1) is 10.2 Å². The third kappa shape index (κ3) is 4.99. The van der Waals surface area contributed by atoms with Gasteiger partial charge >= 0.3 is 0 Å². The molecule has 0 aliphatic rings. The Balaban J connectivity index is 1.52. The molecule has 3 aromatic rings. The van der Waals surface area contributed by atoms with Crippen LogP contribution >= 0.6 is 23.1 Å². The Morgan fingerprint density at radius 2 is 1.86 bits per heavy atom. The third-order valence-electron chi connectivity index (χ3n) is 4.03. The molecule has 3 rings (SSSR count). The average molecular weight is 417 g/mol. The van der Waals surface area contributed by atoms with Crippen molar-refractivity contribution in [1.29, 1.82) is 0 Å². The van der Waals surface area contributed by atoms with E-state index in [1.165, 1.54) is 28.7 Å². The molecule has 28 heavy (non-hydrogen) atoms. The summed E-state index contributed by atoms with van der Waals surface area (Å²) in [4.78, 5) is 24.4. The maximum atomic E-state index is 12.3. The zero-order valence-corrected chi connectivity index (χ0v) is 17.6. The number of amides is 2. The molecule has 2 aromatic heterocycles. The van der Waals surface area contributed by atoms with Crippen LogP contribution in [0.25, 0.3) is 0 Å². The first-order chi connectivity index (χ1) is 13.3. The summed E-state index contributed by atoms with van der Waals surface area (Å²) >= 11 is 2.49. The molecule has 0 bridgehead atoms. The number of carbonyl (C=O) groups is 2. The lowest BCUT2D eigenvalue weighted by atomic mass is 10.1. The van der Waals surface area contributed by atoms with Crippen LogP contribution in [0.3, 0.4) is 0 Å². The Morgan fingerprint density at radius 3 is 2.54 bits per heavy atom. The van der Waals surface area contributed by atoms with Gasteiger partial charge in [0.15, 0.2) is 4.34 Å². The number of aryl methyl sites for hydroxylation is 4. The van der Waals surface area contributed by atoms with Crippen LogP contribution in [0.4, 0.5) is 10.8 Å². The van der Waals surface area contributed by atoms with Crippen molar-refractivity contribution in [2.24, 2.45) is 0 Å². The first kappa shape index (κ1) is 20.1. The standard InChI is InChI=1S/C19H20N4O3S2/c1-10-5-6-14(7-11(10)2)20-16(24)9-27-19-23-22-18(28-19)21-17(25)15-8-12(3)26-13(15)4/h5-8H,9H2,1-4H3,(H,20,24)(H,21,22,25). The lowest BCUT2D eigenvalue weighted by Gasteiger charge is -2.06. The molecule has 1 aromatic carbocycles. The second kappa shape index (κ2) is 8.57. The first-order valence-electron chi connectivity index (χ1n) is 8.53. The third-order valence-corrected chi connectivity index (χ3v) is 6.00. The normalized spacial score (nSPS) is 10.7. The van der Waals surface area contributed by atoms with Gasteiger partial charge in [-0.25, -0.2) is 0 Å². The number of nitrogens with one attached hydrogen (secondary N) is 2. The van der Waals surface area contributed by atoms with E-state index < -0.39 is 0 Å². The molecule has 0 saturated heterocycles.